The second kappa shape index (κ2) is 4.61. The summed E-state index contributed by atoms with van der Waals surface area (Å²) in [6.07, 6.45) is 4.85. The molecule has 1 aliphatic rings. The lowest BCUT2D eigenvalue weighted by Gasteiger charge is -2.02. The molecular formula is C10H18N4O. The fourth-order valence-corrected chi connectivity index (χ4v) is 2.13. The Hall–Kier alpha value is -1.10. The molecule has 5 heteroatoms. The highest BCUT2D eigenvalue weighted by atomic mass is 16.1. The lowest BCUT2D eigenvalue weighted by Crippen LogP contribution is -2.24. The van der Waals surface area contributed by atoms with E-state index in [1.54, 1.807) is 0 Å². The standard InChI is InChI=1S/C10H18N4O/c1-11-6-7-14-10(15)12-9(13-14)8-4-2-3-5-8/h8,11H,2-7H2,1H3,(H,12,13,15). The van der Waals surface area contributed by atoms with Crippen LogP contribution in [0.3, 0.4) is 0 Å². The highest BCUT2D eigenvalue weighted by Crippen LogP contribution is 2.31. The Morgan fingerprint density at radius 2 is 2.27 bits per heavy atom. The Balaban J connectivity index is 2.09. The Labute approximate surface area is 88.9 Å². The van der Waals surface area contributed by atoms with E-state index in [0.717, 1.165) is 12.4 Å². The van der Waals surface area contributed by atoms with Crippen molar-refractivity contribution in [3.8, 4) is 0 Å². The number of nitrogens with zero attached hydrogens (tertiary/aromatic N) is 2. The van der Waals surface area contributed by atoms with Crippen LogP contribution in [-0.2, 0) is 6.54 Å². The van der Waals surface area contributed by atoms with Gasteiger partial charge in [-0.1, -0.05) is 12.8 Å². The molecule has 5 nitrogen and oxygen atoms in total. The SMILES string of the molecule is CNCCn1nc(C2CCCC2)[nH]c1=O. The summed E-state index contributed by atoms with van der Waals surface area (Å²) in [5.74, 6) is 1.36. The molecule has 2 N–H and O–H groups in total. The maximum absolute atomic E-state index is 11.5. The van der Waals surface area contributed by atoms with E-state index in [1.807, 2.05) is 7.05 Å². The summed E-state index contributed by atoms with van der Waals surface area (Å²) in [4.78, 5) is 14.4. The maximum atomic E-state index is 11.5. The molecule has 0 saturated heterocycles. The number of aromatic nitrogens is 3. The van der Waals surface area contributed by atoms with Crippen LogP contribution < -0.4 is 11.0 Å². The van der Waals surface area contributed by atoms with Crippen molar-refractivity contribution in [3.05, 3.63) is 16.3 Å². The molecule has 0 unspecified atom stereocenters. The first-order valence-corrected chi connectivity index (χ1v) is 5.63. The largest absolute Gasteiger partial charge is 0.343 e. The molecule has 0 amide bonds. The van der Waals surface area contributed by atoms with Crippen LogP contribution in [0.15, 0.2) is 4.79 Å². The van der Waals surface area contributed by atoms with Gasteiger partial charge in [0.25, 0.3) is 0 Å². The van der Waals surface area contributed by atoms with Crippen LogP contribution >= 0.6 is 0 Å². The first-order valence-electron chi connectivity index (χ1n) is 5.63. The molecule has 0 atom stereocenters. The highest BCUT2D eigenvalue weighted by Gasteiger charge is 2.20. The molecule has 1 aliphatic carbocycles. The summed E-state index contributed by atoms with van der Waals surface area (Å²) in [7, 11) is 1.87. The van der Waals surface area contributed by atoms with E-state index in [0.29, 0.717) is 12.5 Å². The van der Waals surface area contributed by atoms with Gasteiger partial charge in [-0.05, 0) is 19.9 Å². The fraction of sp³-hybridized carbons (Fsp3) is 0.800. The van der Waals surface area contributed by atoms with E-state index < -0.39 is 0 Å². The van der Waals surface area contributed by atoms with Gasteiger partial charge >= 0.3 is 5.69 Å². The second-order valence-electron chi connectivity index (χ2n) is 4.12. The van der Waals surface area contributed by atoms with Gasteiger partial charge in [0.15, 0.2) is 0 Å². The van der Waals surface area contributed by atoms with E-state index in [2.05, 4.69) is 15.4 Å². The van der Waals surface area contributed by atoms with Crippen LogP contribution in [0.4, 0.5) is 0 Å². The van der Waals surface area contributed by atoms with Crippen LogP contribution in [0.2, 0.25) is 0 Å². The number of hydrogen-bond donors (Lipinski definition) is 2. The minimum Gasteiger partial charge on any atom is -0.318 e. The minimum atomic E-state index is -0.0767. The average molecular weight is 210 g/mol. The highest BCUT2D eigenvalue weighted by molar-refractivity contribution is 4.96. The van der Waals surface area contributed by atoms with Gasteiger partial charge in [-0.3, -0.25) is 4.98 Å². The fourth-order valence-electron chi connectivity index (χ4n) is 2.13. The first kappa shape index (κ1) is 10.4. The van der Waals surface area contributed by atoms with Gasteiger partial charge in [0, 0.05) is 12.5 Å². The van der Waals surface area contributed by atoms with Gasteiger partial charge in [0.2, 0.25) is 0 Å². The zero-order valence-electron chi connectivity index (χ0n) is 9.12. The predicted octanol–water partition coefficient (Wildman–Crippen LogP) is 0.448. The molecule has 84 valence electrons. The van der Waals surface area contributed by atoms with E-state index in [9.17, 15) is 4.79 Å². The van der Waals surface area contributed by atoms with Gasteiger partial charge < -0.3 is 5.32 Å². The third-order valence-corrected chi connectivity index (χ3v) is 3.01. The molecule has 1 aromatic heterocycles. The van der Waals surface area contributed by atoms with E-state index >= 15 is 0 Å². The smallest absolute Gasteiger partial charge is 0.318 e. The monoisotopic (exact) mass is 210 g/mol. The van der Waals surface area contributed by atoms with Crippen LogP contribution in [0.5, 0.6) is 0 Å². The van der Waals surface area contributed by atoms with Crippen molar-refractivity contribution in [1.29, 1.82) is 0 Å². The summed E-state index contributed by atoms with van der Waals surface area (Å²) in [5, 5.41) is 7.35. The lowest BCUT2D eigenvalue weighted by atomic mass is 10.1. The number of aromatic amines is 1. The molecule has 0 radical (unpaired) electrons. The average Bonchev–Trinajstić information content (AvgIpc) is 2.83. The Kier molecular flexibility index (Phi) is 3.20. The zero-order valence-corrected chi connectivity index (χ0v) is 9.12. The number of H-pyrrole nitrogens is 1. The Morgan fingerprint density at radius 1 is 1.53 bits per heavy atom. The number of hydrogen-bond acceptors (Lipinski definition) is 3. The van der Waals surface area contributed by atoms with Crippen molar-refractivity contribution in [2.75, 3.05) is 13.6 Å². The van der Waals surface area contributed by atoms with Gasteiger partial charge in [-0.15, -0.1) is 0 Å². The summed E-state index contributed by atoms with van der Waals surface area (Å²) in [6.45, 7) is 1.41. The van der Waals surface area contributed by atoms with Crippen molar-refractivity contribution >= 4 is 0 Å². The third kappa shape index (κ3) is 2.28. The molecule has 2 rings (SSSR count). The van der Waals surface area contributed by atoms with Crippen molar-refractivity contribution in [2.45, 2.75) is 38.1 Å². The van der Waals surface area contributed by atoms with Crippen LogP contribution in [0.25, 0.3) is 0 Å². The van der Waals surface area contributed by atoms with Gasteiger partial charge in [-0.2, -0.15) is 5.10 Å². The summed E-state index contributed by atoms with van der Waals surface area (Å²) in [6, 6.07) is 0. The summed E-state index contributed by atoms with van der Waals surface area (Å²) in [5.41, 5.74) is -0.0767. The van der Waals surface area contributed by atoms with Gasteiger partial charge in [0.1, 0.15) is 5.82 Å². The maximum Gasteiger partial charge on any atom is 0.343 e. The predicted molar refractivity (Wildman–Crippen MR) is 58.0 cm³/mol. The van der Waals surface area contributed by atoms with Crippen molar-refractivity contribution in [3.63, 3.8) is 0 Å². The molecule has 0 aromatic carbocycles. The quantitative estimate of drug-likeness (QED) is 0.758. The van der Waals surface area contributed by atoms with E-state index in [-0.39, 0.29) is 5.69 Å². The molecule has 1 saturated carbocycles. The second-order valence-corrected chi connectivity index (χ2v) is 4.12. The van der Waals surface area contributed by atoms with Crippen LogP contribution in [-0.4, -0.2) is 28.4 Å². The third-order valence-electron chi connectivity index (χ3n) is 3.01. The zero-order chi connectivity index (χ0) is 10.7. The van der Waals surface area contributed by atoms with Crippen molar-refractivity contribution in [1.82, 2.24) is 20.1 Å². The first-order chi connectivity index (χ1) is 7.31. The van der Waals surface area contributed by atoms with E-state index in [4.69, 9.17) is 0 Å². The van der Waals surface area contributed by atoms with Gasteiger partial charge in [-0.25, -0.2) is 9.48 Å². The normalized spacial score (nSPS) is 17.4. The lowest BCUT2D eigenvalue weighted by molar-refractivity contribution is 0.553. The van der Waals surface area contributed by atoms with Crippen molar-refractivity contribution < 1.29 is 0 Å². The van der Waals surface area contributed by atoms with E-state index in [1.165, 1.54) is 30.4 Å². The Morgan fingerprint density at radius 3 is 2.93 bits per heavy atom. The molecule has 1 heterocycles. The molecule has 15 heavy (non-hydrogen) atoms. The molecule has 1 aromatic rings. The minimum absolute atomic E-state index is 0.0767. The molecule has 0 bridgehead atoms. The Bertz CT molecular complexity index is 362. The number of nitrogens with one attached hydrogen (secondary N) is 2. The summed E-state index contributed by atoms with van der Waals surface area (Å²) < 4.78 is 1.52. The number of likely N-dealkylation sites (N-methyl/N-ethyl adjacent to an activating group) is 1. The van der Waals surface area contributed by atoms with Crippen molar-refractivity contribution in [2.24, 2.45) is 0 Å². The van der Waals surface area contributed by atoms with Gasteiger partial charge in [0.05, 0.1) is 6.54 Å². The molecule has 1 fully saturated rings. The molecule has 0 aliphatic heterocycles. The van der Waals surface area contributed by atoms with Crippen LogP contribution in [0.1, 0.15) is 37.4 Å². The molecular weight excluding hydrogens is 192 g/mol. The summed E-state index contributed by atoms with van der Waals surface area (Å²) >= 11 is 0. The van der Waals surface area contributed by atoms with Crippen LogP contribution in [0, 0.1) is 0 Å². The topological polar surface area (TPSA) is 62.7 Å². The molecule has 0 spiro atoms. The number of rotatable bonds is 4.